The summed E-state index contributed by atoms with van der Waals surface area (Å²) in [6.07, 6.45) is 11.9. The zero-order chi connectivity index (χ0) is 11.2. The number of hydrogen-bond donors (Lipinski definition) is 1. The third kappa shape index (κ3) is 1.72. The standard InChI is InChI=1S/C15H26O/c1-2-3-4-5-14-13-7-11-6-12(8-13)10-15(14,16)9-11/h11-14,16H,2-10H2,1H3/t11-,12-,13?,14+,15?/m0/s1. The van der Waals surface area contributed by atoms with E-state index in [0.29, 0.717) is 5.92 Å². The van der Waals surface area contributed by atoms with Crippen molar-refractivity contribution in [2.24, 2.45) is 23.7 Å². The average molecular weight is 222 g/mol. The molecule has 0 aromatic rings. The highest BCUT2D eigenvalue weighted by Crippen LogP contribution is 2.59. The fourth-order valence-electron chi connectivity index (χ4n) is 5.22. The van der Waals surface area contributed by atoms with Crippen LogP contribution < -0.4 is 0 Å². The molecule has 92 valence electrons. The lowest BCUT2D eigenvalue weighted by atomic mass is 9.49. The van der Waals surface area contributed by atoms with Crippen LogP contribution in [0.25, 0.3) is 0 Å². The van der Waals surface area contributed by atoms with E-state index in [9.17, 15) is 5.11 Å². The first-order valence-electron chi connectivity index (χ1n) is 7.43. The van der Waals surface area contributed by atoms with Crippen LogP contribution in [0, 0.1) is 23.7 Å². The van der Waals surface area contributed by atoms with Crippen LogP contribution >= 0.6 is 0 Å². The second-order valence-electron chi connectivity index (χ2n) is 6.81. The minimum atomic E-state index is -0.234. The van der Waals surface area contributed by atoms with E-state index >= 15 is 0 Å². The summed E-state index contributed by atoms with van der Waals surface area (Å²) in [5, 5.41) is 10.9. The minimum Gasteiger partial charge on any atom is -0.390 e. The van der Waals surface area contributed by atoms with Gasteiger partial charge in [0.1, 0.15) is 0 Å². The topological polar surface area (TPSA) is 20.2 Å². The Labute approximate surface area is 99.6 Å². The van der Waals surface area contributed by atoms with E-state index in [4.69, 9.17) is 0 Å². The highest BCUT2D eigenvalue weighted by atomic mass is 16.3. The molecule has 0 unspecified atom stereocenters. The van der Waals surface area contributed by atoms with Gasteiger partial charge in [-0.15, -0.1) is 0 Å². The van der Waals surface area contributed by atoms with Crippen molar-refractivity contribution >= 4 is 0 Å². The fraction of sp³-hybridized carbons (Fsp3) is 1.00. The lowest BCUT2D eigenvalue weighted by Gasteiger charge is -2.59. The Hall–Kier alpha value is -0.0400. The summed E-state index contributed by atoms with van der Waals surface area (Å²) in [6.45, 7) is 2.27. The molecule has 4 rings (SSSR count). The number of unbranched alkanes of at least 4 members (excludes halogenated alkanes) is 2. The van der Waals surface area contributed by atoms with E-state index in [1.807, 2.05) is 0 Å². The molecule has 0 amide bonds. The maximum absolute atomic E-state index is 10.9. The monoisotopic (exact) mass is 222 g/mol. The van der Waals surface area contributed by atoms with Crippen LogP contribution in [0.1, 0.15) is 64.7 Å². The van der Waals surface area contributed by atoms with Crippen molar-refractivity contribution in [3.8, 4) is 0 Å². The first kappa shape index (κ1) is 11.1. The van der Waals surface area contributed by atoms with Crippen molar-refractivity contribution in [2.75, 3.05) is 0 Å². The van der Waals surface area contributed by atoms with Gasteiger partial charge in [-0.3, -0.25) is 0 Å². The van der Waals surface area contributed by atoms with Crippen LogP contribution in [0.5, 0.6) is 0 Å². The summed E-state index contributed by atoms with van der Waals surface area (Å²) < 4.78 is 0. The Bertz CT molecular complexity index is 246. The molecule has 1 nitrogen and oxygen atoms in total. The molecule has 4 saturated carbocycles. The van der Waals surface area contributed by atoms with Gasteiger partial charge in [0, 0.05) is 0 Å². The van der Waals surface area contributed by atoms with Gasteiger partial charge >= 0.3 is 0 Å². The van der Waals surface area contributed by atoms with Crippen LogP contribution in [0.4, 0.5) is 0 Å². The van der Waals surface area contributed by atoms with Gasteiger partial charge < -0.3 is 5.11 Å². The third-order valence-corrected chi connectivity index (χ3v) is 5.60. The Morgan fingerprint density at radius 3 is 2.31 bits per heavy atom. The van der Waals surface area contributed by atoms with Crippen LogP contribution in [0.15, 0.2) is 0 Å². The molecule has 0 aliphatic heterocycles. The van der Waals surface area contributed by atoms with E-state index < -0.39 is 0 Å². The Balaban J connectivity index is 1.69. The van der Waals surface area contributed by atoms with E-state index in [2.05, 4.69) is 6.92 Å². The average Bonchev–Trinajstić information content (AvgIpc) is 2.20. The molecule has 4 bridgehead atoms. The van der Waals surface area contributed by atoms with Crippen molar-refractivity contribution in [3.63, 3.8) is 0 Å². The maximum atomic E-state index is 10.9. The van der Waals surface area contributed by atoms with Crippen molar-refractivity contribution in [1.29, 1.82) is 0 Å². The molecule has 0 saturated heterocycles. The molecule has 4 fully saturated rings. The van der Waals surface area contributed by atoms with Gasteiger partial charge in [0.15, 0.2) is 0 Å². The van der Waals surface area contributed by atoms with E-state index in [0.717, 1.165) is 30.6 Å². The summed E-state index contributed by atoms with van der Waals surface area (Å²) in [5.74, 6) is 3.30. The lowest BCUT2D eigenvalue weighted by molar-refractivity contribution is -0.173. The molecule has 4 aliphatic rings. The molecule has 1 heteroatoms. The molecular weight excluding hydrogens is 196 g/mol. The molecular formula is C15H26O. The zero-order valence-corrected chi connectivity index (χ0v) is 10.6. The van der Waals surface area contributed by atoms with E-state index in [-0.39, 0.29) is 5.60 Å². The second-order valence-corrected chi connectivity index (χ2v) is 6.81. The second kappa shape index (κ2) is 4.01. The Morgan fingerprint density at radius 1 is 1.06 bits per heavy atom. The van der Waals surface area contributed by atoms with Crippen LogP contribution in [0.2, 0.25) is 0 Å². The summed E-state index contributed by atoms with van der Waals surface area (Å²) in [6, 6.07) is 0. The van der Waals surface area contributed by atoms with Gasteiger partial charge in [-0.1, -0.05) is 26.2 Å². The predicted octanol–water partition coefficient (Wildman–Crippen LogP) is 3.75. The predicted molar refractivity (Wildman–Crippen MR) is 66.1 cm³/mol. The van der Waals surface area contributed by atoms with Gasteiger partial charge in [0.25, 0.3) is 0 Å². The van der Waals surface area contributed by atoms with Gasteiger partial charge in [-0.05, 0) is 62.2 Å². The first-order valence-corrected chi connectivity index (χ1v) is 7.43. The van der Waals surface area contributed by atoms with Gasteiger partial charge in [-0.2, -0.15) is 0 Å². The van der Waals surface area contributed by atoms with Crippen molar-refractivity contribution in [1.82, 2.24) is 0 Å². The molecule has 0 spiro atoms. The molecule has 0 heterocycles. The highest BCUT2D eigenvalue weighted by molar-refractivity contribution is 5.06. The number of hydrogen-bond acceptors (Lipinski definition) is 1. The molecule has 1 N–H and O–H groups in total. The number of rotatable bonds is 4. The summed E-state index contributed by atoms with van der Waals surface area (Å²) in [4.78, 5) is 0. The molecule has 16 heavy (non-hydrogen) atoms. The SMILES string of the molecule is CCCCC[C@@H]1C2C[C@@H]3C[C@@H](C2)CC1(O)C3. The van der Waals surface area contributed by atoms with Gasteiger partial charge in [-0.25, -0.2) is 0 Å². The summed E-state index contributed by atoms with van der Waals surface area (Å²) >= 11 is 0. The molecule has 0 aromatic heterocycles. The quantitative estimate of drug-likeness (QED) is 0.718. The van der Waals surface area contributed by atoms with Crippen LogP contribution in [-0.4, -0.2) is 10.7 Å². The van der Waals surface area contributed by atoms with Crippen molar-refractivity contribution in [2.45, 2.75) is 70.3 Å². The Kier molecular flexibility index (Phi) is 2.78. The van der Waals surface area contributed by atoms with E-state index in [1.165, 1.54) is 44.9 Å². The lowest BCUT2D eigenvalue weighted by Crippen LogP contribution is -2.57. The number of aliphatic hydroxyl groups is 1. The van der Waals surface area contributed by atoms with Gasteiger partial charge in [0.2, 0.25) is 0 Å². The normalized spacial score (nSPS) is 49.9. The first-order chi connectivity index (χ1) is 7.71. The zero-order valence-electron chi connectivity index (χ0n) is 10.6. The minimum absolute atomic E-state index is 0.234. The van der Waals surface area contributed by atoms with E-state index in [1.54, 1.807) is 0 Å². The molecule has 0 aromatic carbocycles. The van der Waals surface area contributed by atoms with Crippen molar-refractivity contribution in [3.05, 3.63) is 0 Å². The third-order valence-electron chi connectivity index (χ3n) is 5.60. The van der Waals surface area contributed by atoms with Crippen LogP contribution in [0.3, 0.4) is 0 Å². The van der Waals surface area contributed by atoms with Crippen molar-refractivity contribution < 1.29 is 5.11 Å². The molecule has 0 radical (unpaired) electrons. The smallest absolute Gasteiger partial charge is 0.0683 e. The fourth-order valence-corrected chi connectivity index (χ4v) is 5.22. The Morgan fingerprint density at radius 2 is 1.75 bits per heavy atom. The molecule has 3 atom stereocenters. The summed E-state index contributed by atoms with van der Waals surface area (Å²) in [5.41, 5.74) is -0.234. The largest absolute Gasteiger partial charge is 0.390 e. The highest BCUT2D eigenvalue weighted by Gasteiger charge is 2.55. The maximum Gasteiger partial charge on any atom is 0.0683 e. The van der Waals surface area contributed by atoms with Crippen LogP contribution in [-0.2, 0) is 0 Å². The van der Waals surface area contributed by atoms with Gasteiger partial charge in [0.05, 0.1) is 5.60 Å². The summed E-state index contributed by atoms with van der Waals surface area (Å²) in [7, 11) is 0. The molecule has 4 aliphatic carbocycles.